The highest BCUT2D eigenvalue weighted by Gasteiger charge is 2.30. The summed E-state index contributed by atoms with van der Waals surface area (Å²) < 4.78 is 16.7. The molecule has 11 heteroatoms. The van der Waals surface area contributed by atoms with Crippen LogP contribution in [0.25, 0.3) is 0 Å². The number of fused-ring (bicyclic) bond motifs is 2. The Hall–Kier alpha value is -2.43. The highest BCUT2D eigenvalue weighted by atomic mass is 35.5. The number of anilines is 2. The van der Waals surface area contributed by atoms with E-state index in [4.69, 9.17) is 19.6 Å². The third-order valence-corrected chi connectivity index (χ3v) is 6.45. The van der Waals surface area contributed by atoms with Gasteiger partial charge < -0.3 is 24.4 Å². The van der Waals surface area contributed by atoms with Crippen LogP contribution >= 0.6 is 35.5 Å². The Morgan fingerprint density at radius 1 is 1.31 bits per heavy atom. The van der Waals surface area contributed by atoms with Gasteiger partial charge in [-0.2, -0.15) is 0 Å². The van der Waals surface area contributed by atoms with Crippen molar-refractivity contribution in [3.8, 4) is 11.5 Å². The largest absolute Gasteiger partial charge is 0.477 e. The van der Waals surface area contributed by atoms with Crippen molar-refractivity contribution in [2.24, 2.45) is 0 Å². The van der Waals surface area contributed by atoms with E-state index in [1.807, 2.05) is 6.92 Å². The van der Waals surface area contributed by atoms with Gasteiger partial charge in [-0.25, -0.2) is 0 Å². The molecule has 0 aliphatic carbocycles. The highest BCUT2D eigenvalue weighted by Crippen LogP contribution is 2.42. The second kappa shape index (κ2) is 8.93. The normalized spacial score (nSPS) is 14.1. The number of thiophene rings is 1. The molecule has 0 fully saturated rings. The van der Waals surface area contributed by atoms with Crippen molar-refractivity contribution in [1.82, 2.24) is 0 Å². The summed E-state index contributed by atoms with van der Waals surface area (Å²) in [6, 6.07) is 6.86. The number of hydrogen-bond acceptors (Lipinski definition) is 8. The zero-order valence-electron chi connectivity index (χ0n) is 15.4. The monoisotopic (exact) mass is 455 g/mol. The maximum Gasteiger partial charge on any atom is 0.244 e. The van der Waals surface area contributed by atoms with E-state index in [2.05, 4.69) is 5.32 Å². The molecule has 2 N–H and O–H groups in total. The molecule has 3 heterocycles. The molecule has 0 bridgehead atoms. The first kappa shape index (κ1) is 21.3. The van der Waals surface area contributed by atoms with Crippen molar-refractivity contribution in [2.45, 2.75) is 11.1 Å². The van der Waals surface area contributed by atoms with Gasteiger partial charge in [0.2, 0.25) is 24.5 Å². The van der Waals surface area contributed by atoms with Crippen molar-refractivity contribution in [2.75, 3.05) is 35.9 Å². The van der Waals surface area contributed by atoms with Crippen LogP contribution in [0.2, 0.25) is 0 Å². The first-order valence-electron chi connectivity index (χ1n) is 8.53. The Kier molecular flexibility index (Phi) is 6.56. The number of benzene rings is 1. The number of carbonyl (C=O) groups excluding carboxylic acids is 2. The molecule has 2 aliphatic heterocycles. The zero-order valence-corrected chi connectivity index (χ0v) is 17.8. The van der Waals surface area contributed by atoms with Crippen molar-refractivity contribution in [1.29, 1.82) is 5.41 Å². The quantitative estimate of drug-likeness (QED) is 0.529. The Labute approximate surface area is 181 Å². The van der Waals surface area contributed by atoms with Crippen molar-refractivity contribution in [3.63, 3.8) is 0 Å². The maximum atomic E-state index is 12.5. The van der Waals surface area contributed by atoms with E-state index in [0.717, 1.165) is 4.21 Å². The summed E-state index contributed by atoms with van der Waals surface area (Å²) in [4.78, 5) is 27.0. The summed E-state index contributed by atoms with van der Waals surface area (Å²) in [6.07, 6.45) is 0. The Morgan fingerprint density at radius 3 is 2.90 bits per heavy atom. The van der Waals surface area contributed by atoms with Crippen molar-refractivity contribution >= 4 is 64.6 Å². The topological polar surface area (TPSA) is 101 Å². The smallest absolute Gasteiger partial charge is 0.244 e. The lowest BCUT2D eigenvalue weighted by molar-refractivity contribution is -0.120. The number of ether oxygens (including phenoxy) is 3. The predicted octanol–water partition coefficient (Wildman–Crippen LogP) is 3.34. The van der Waals surface area contributed by atoms with Crippen molar-refractivity contribution < 1.29 is 23.8 Å². The SMILES string of the molecule is CCOC(=N)c1cc2c(s1)SCC(=O)N2CC(=O)Nc1ccc2c(c1)OCO2.Cl. The number of nitrogens with zero attached hydrogens (tertiary/aromatic N) is 1. The second-order valence-corrected chi connectivity index (χ2v) is 8.23. The molecule has 2 aromatic rings. The van der Waals surface area contributed by atoms with Crippen LogP contribution in [-0.2, 0) is 14.3 Å². The third kappa shape index (κ3) is 4.44. The number of carbonyl (C=O) groups is 2. The Morgan fingerprint density at radius 2 is 2.10 bits per heavy atom. The Bertz CT molecular complexity index is 965. The first-order valence-corrected chi connectivity index (χ1v) is 10.3. The molecule has 0 spiro atoms. The van der Waals surface area contributed by atoms with E-state index < -0.39 is 0 Å². The number of thioether (sulfide) groups is 1. The molecule has 1 aromatic carbocycles. The van der Waals surface area contributed by atoms with Crippen LogP contribution in [0.3, 0.4) is 0 Å². The predicted molar refractivity (Wildman–Crippen MR) is 114 cm³/mol. The third-order valence-electron chi connectivity index (χ3n) is 4.07. The molecule has 0 unspecified atom stereocenters. The first-order chi connectivity index (χ1) is 13.5. The molecular formula is C18H18ClN3O5S2. The van der Waals surface area contributed by atoms with E-state index in [9.17, 15) is 9.59 Å². The van der Waals surface area contributed by atoms with E-state index in [1.54, 1.807) is 24.3 Å². The molecule has 29 heavy (non-hydrogen) atoms. The number of amides is 2. The molecule has 2 amide bonds. The van der Waals surface area contributed by atoms with Gasteiger partial charge in [0.05, 0.1) is 27.1 Å². The minimum Gasteiger partial charge on any atom is -0.477 e. The number of halogens is 1. The fourth-order valence-electron chi connectivity index (χ4n) is 2.81. The molecule has 1 aromatic heterocycles. The number of rotatable bonds is 5. The Balaban J connectivity index is 0.00000240. The van der Waals surface area contributed by atoms with Gasteiger partial charge in [-0.15, -0.1) is 35.5 Å². The van der Waals surface area contributed by atoms with Crippen molar-refractivity contribution in [3.05, 3.63) is 29.1 Å². The van der Waals surface area contributed by atoms with Gasteiger partial charge in [-0.05, 0) is 25.1 Å². The lowest BCUT2D eigenvalue weighted by Crippen LogP contribution is -2.40. The van der Waals surface area contributed by atoms with E-state index >= 15 is 0 Å². The molecule has 0 atom stereocenters. The summed E-state index contributed by atoms with van der Waals surface area (Å²) in [6.45, 7) is 2.26. The summed E-state index contributed by atoms with van der Waals surface area (Å²) in [7, 11) is 0. The molecule has 8 nitrogen and oxygen atoms in total. The number of hydrogen-bond donors (Lipinski definition) is 2. The number of nitrogens with one attached hydrogen (secondary N) is 2. The molecule has 0 saturated carbocycles. The van der Waals surface area contributed by atoms with Crippen LogP contribution in [0, 0.1) is 5.41 Å². The van der Waals surface area contributed by atoms with Gasteiger partial charge >= 0.3 is 0 Å². The lowest BCUT2D eigenvalue weighted by atomic mass is 10.2. The van der Waals surface area contributed by atoms with Gasteiger partial charge in [0.15, 0.2) is 11.5 Å². The average Bonchev–Trinajstić information content (AvgIpc) is 3.30. The molecule has 4 rings (SSSR count). The average molecular weight is 456 g/mol. The second-order valence-electron chi connectivity index (χ2n) is 5.93. The summed E-state index contributed by atoms with van der Waals surface area (Å²) in [5, 5.41) is 10.7. The van der Waals surface area contributed by atoms with Gasteiger partial charge in [-0.1, -0.05) is 0 Å². The van der Waals surface area contributed by atoms with Gasteiger partial charge in [0.1, 0.15) is 6.54 Å². The van der Waals surface area contributed by atoms with Gasteiger partial charge in [-0.3, -0.25) is 15.0 Å². The summed E-state index contributed by atoms with van der Waals surface area (Å²) >= 11 is 2.81. The molecule has 0 radical (unpaired) electrons. The van der Waals surface area contributed by atoms with Crippen LogP contribution in [0.5, 0.6) is 11.5 Å². The fraction of sp³-hybridized carbons (Fsp3) is 0.278. The van der Waals surface area contributed by atoms with Gasteiger partial charge in [0, 0.05) is 11.8 Å². The fourth-order valence-corrected chi connectivity index (χ4v) is 5.02. The van der Waals surface area contributed by atoms with Crippen LogP contribution in [-0.4, -0.2) is 43.4 Å². The van der Waals surface area contributed by atoms with E-state index in [0.29, 0.717) is 34.4 Å². The van der Waals surface area contributed by atoms with Crippen LogP contribution in [0.1, 0.15) is 11.8 Å². The van der Waals surface area contributed by atoms with Crippen LogP contribution in [0.15, 0.2) is 28.5 Å². The summed E-state index contributed by atoms with van der Waals surface area (Å²) in [5.41, 5.74) is 1.21. The van der Waals surface area contributed by atoms with Crippen LogP contribution in [0.4, 0.5) is 11.4 Å². The van der Waals surface area contributed by atoms with E-state index in [-0.39, 0.29) is 49.2 Å². The highest BCUT2D eigenvalue weighted by molar-refractivity contribution is 8.02. The minimum absolute atomic E-state index is 0. The maximum absolute atomic E-state index is 12.5. The standard InChI is InChI=1S/C18H17N3O5S2.ClH/c1-2-24-17(19)14-6-11-18(28-14)27-8-16(23)21(11)7-15(22)20-10-3-4-12-13(5-10)26-9-25-12;/h3-6,19H,2,7-9H2,1H3,(H,20,22);1H. The molecular weight excluding hydrogens is 438 g/mol. The minimum atomic E-state index is -0.322. The molecule has 0 saturated heterocycles. The zero-order chi connectivity index (χ0) is 19.7. The van der Waals surface area contributed by atoms with Gasteiger partial charge in [0.25, 0.3) is 0 Å². The van der Waals surface area contributed by atoms with E-state index in [1.165, 1.54) is 28.0 Å². The van der Waals surface area contributed by atoms with Crippen LogP contribution < -0.4 is 19.7 Å². The summed E-state index contributed by atoms with van der Waals surface area (Å²) in [5.74, 6) is 1.06. The molecule has 2 aliphatic rings. The molecule has 154 valence electrons. The lowest BCUT2D eigenvalue weighted by Gasteiger charge is -2.25.